The van der Waals surface area contributed by atoms with Crippen LogP contribution in [0.25, 0.3) is 0 Å². The average molecular weight is 166 g/mol. The topological polar surface area (TPSA) is 17.1 Å². The van der Waals surface area contributed by atoms with Crippen LogP contribution in [0, 0.1) is 22.7 Å². The Labute approximate surface area is 75.5 Å². The Balaban J connectivity index is 4.46. The number of Topliss-reactive ketones (excluding diaryl/α,β-unsaturated/α-hetero) is 1. The fourth-order valence-electron chi connectivity index (χ4n) is 0.432. The zero-order valence-corrected chi connectivity index (χ0v) is 8.91. The molecule has 0 radical (unpaired) electrons. The van der Waals surface area contributed by atoms with Crippen molar-refractivity contribution in [1.29, 1.82) is 0 Å². The van der Waals surface area contributed by atoms with Crippen molar-refractivity contribution in [3.8, 4) is 11.8 Å². The standard InChI is InChI=1S/C11H18O/c1-10(2,3)8-7-9(12)11(4,5)6/h1-6H3. The quantitative estimate of drug-likeness (QED) is 0.399. The van der Waals surface area contributed by atoms with Crippen molar-refractivity contribution >= 4 is 5.78 Å². The molecule has 0 saturated heterocycles. The largest absolute Gasteiger partial charge is 0.284 e. The minimum Gasteiger partial charge on any atom is -0.284 e. The van der Waals surface area contributed by atoms with Gasteiger partial charge in [-0.15, -0.1) is 0 Å². The molecule has 0 N–H and O–H groups in total. The van der Waals surface area contributed by atoms with Gasteiger partial charge in [-0.1, -0.05) is 26.7 Å². The molecule has 0 aromatic carbocycles. The fraction of sp³-hybridized carbons (Fsp3) is 0.727. The average Bonchev–Trinajstić information content (AvgIpc) is 1.78. The number of carbonyl (C=O) groups excluding carboxylic acids is 1. The maximum atomic E-state index is 11.3. The summed E-state index contributed by atoms with van der Waals surface area (Å²) in [7, 11) is 0. The van der Waals surface area contributed by atoms with Crippen molar-refractivity contribution < 1.29 is 4.79 Å². The summed E-state index contributed by atoms with van der Waals surface area (Å²) < 4.78 is 0. The first kappa shape index (κ1) is 11.2. The molecule has 1 heteroatoms. The van der Waals surface area contributed by atoms with Crippen molar-refractivity contribution in [3.05, 3.63) is 0 Å². The van der Waals surface area contributed by atoms with Gasteiger partial charge < -0.3 is 0 Å². The van der Waals surface area contributed by atoms with E-state index in [9.17, 15) is 4.79 Å². The van der Waals surface area contributed by atoms with Crippen LogP contribution in [0.1, 0.15) is 41.5 Å². The summed E-state index contributed by atoms with van der Waals surface area (Å²) in [5.41, 5.74) is -0.417. The zero-order chi connectivity index (χ0) is 9.99. The van der Waals surface area contributed by atoms with Gasteiger partial charge in [-0.25, -0.2) is 0 Å². The van der Waals surface area contributed by atoms with Crippen molar-refractivity contribution in [2.75, 3.05) is 0 Å². The molecular weight excluding hydrogens is 148 g/mol. The summed E-state index contributed by atoms with van der Waals surface area (Å²) in [4.78, 5) is 11.3. The first-order chi connectivity index (χ1) is 5.13. The molecule has 0 bridgehead atoms. The van der Waals surface area contributed by atoms with Crippen LogP contribution in [-0.2, 0) is 4.79 Å². The lowest BCUT2D eigenvalue weighted by molar-refractivity contribution is -0.120. The predicted molar refractivity (Wildman–Crippen MR) is 51.7 cm³/mol. The van der Waals surface area contributed by atoms with Gasteiger partial charge in [0.1, 0.15) is 0 Å². The van der Waals surface area contributed by atoms with Gasteiger partial charge >= 0.3 is 0 Å². The molecule has 12 heavy (non-hydrogen) atoms. The summed E-state index contributed by atoms with van der Waals surface area (Å²) >= 11 is 0. The van der Waals surface area contributed by atoms with E-state index >= 15 is 0 Å². The van der Waals surface area contributed by atoms with Crippen LogP contribution in [-0.4, -0.2) is 5.78 Å². The fourth-order valence-corrected chi connectivity index (χ4v) is 0.432. The molecule has 0 aliphatic carbocycles. The molecule has 0 aromatic rings. The van der Waals surface area contributed by atoms with Gasteiger partial charge in [-0.05, 0) is 26.7 Å². The van der Waals surface area contributed by atoms with E-state index < -0.39 is 0 Å². The number of hydrogen-bond acceptors (Lipinski definition) is 1. The highest BCUT2D eigenvalue weighted by Crippen LogP contribution is 2.15. The number of rotatable bonds is 0. The van der Waals surface area contributed by atoms with E-state index in [1.807, 2.05) is 41.5 Å². The Morgan fingerprint density at radius 1 is 1.00 bits per heavy atom. The van der Waals surface area contributed by atoms with E-state index in [1.165, 1.54) is 0 Å². The van der Waals surface area contributed by atoms with Crippen LogP contribution < -0.4 is 0 Å². The Morgan fingerprint density at radius 2 is 1.42 bits per heavy atom. The molecule has 0 unspecified atom stereocenters. The smallest absolute Gasteiger partial charge is 0.210 e. The highest BCUT2D eigenvalue weighted by atomic mass is 16.1. The molecule has 0 heterocycles. The maximum absolute atomic E-state index is 11.3. The lowest BCUT2D eigenvalue weighted by Gasteiger charge is -2.12. The minimum absolute atomic E-state index is 0.0115. The highest BCUT2D eigenvalue weighted by Gasteiger charge is 2.19. The van der Waals surface area contributed by atoms with Crippen molar-refractivity contribution in [2.24, 2.45) is 10.8 Å². The summed E-state index contributed by atoms with van der Waals surface area (Å²) in [5, 5.41) is 0. The van der Waals surface area contributed by atoms with E-state index in [0.29, 0.717) is 0 Å². The van der Waals surface area contributed by atoms with Crippen LogP contribution in [0.3, 0.4) is 0 Å². The lowest BCUT2D eigenvalue weighted by atomic mass is 9.89. The maximum Gasteiger partial charge on any atom is 0.210 e. The Morgan fingerprint density at radius 3 is 1.67 bits per heavy atom. The number of ketones is 1. The molecular formula is C11H18O. The van der Waals surface area contributed by atoms with Gasteiger partial charge in [0.25, 0.3) is 0 Å². The van der Waals surface area contributed by atoms with Gasteiger partial charge in [0.05, 0.1) is 0 Å². The van der Waals surface area contributed by atoms with Gasteiger partial charge in [-0.2, -0.15) is 0 Å². The van der Waals surface area contributed by atoms with Gasteiger partial charge in [0, 0.05) is 10.8 Å². The molecule has 0 aliphatic rings. The van der Waals surface area contributed by atoms with Crippen molar-refractivity contribution in [3.63, 3.8) is 0 Å². The third kappa shape index (κ3) is 4.96. The van der Waals surface area contributed by atoms with E-state index in [4.69, 9.17) is 0 Å². The third-order valence-electron chi connectivity index (χ3n) is 1.23. The molecule has 0 spiro atoms. The van der Waals surface area contributed by atoms with Crippen LogP contribution in [0.4, 0.5) is 0 Å². The monoisotopic (exact) mass is 166 g/mol. The first-order valence-electron chi connectivity index (χ1n) is 4.20. The predicted octanol–water partition coefficient (Wildman–Crippen LogP) is 2.65. The molecule has 0 atom stereocenters. The third-order valence-corrected chi connectivity index (χ3v) is 1.23. The molecule has 0 fully saturated rings. The van der Waals surface area contributed by atoms with Gasteiger partial charge in [0.15, 0.2) is 0 Å². The number of carbonyl (C=O) groups is 1. The zero-order valence-electron chi connectivity index (χ0n) is 8.91. The molecule has 0 aromatic heterocycles. The normalized spacial score (nSPS) is 11.8. The van der Waals surface area contributed by atoms with E-state index in [1.54, 1.807) is 0 Å². The summed E-state index contributed by atoms with van der Waals surface area (Å²) in [6.45, 7) is 11.6. The van der Waals surface area contributed by atoms with Gasteiger partial charge in [-0.3, -0.25) is 4.79 Å². The second kappa shape index (κ2) is 3.31. The summed E-state index contributed by atoms with van der Waals surface area (Å²) in [5.74, 6) is 5.61. The second-order valence-electron chi connectivity index (χ2n) is 5.08. The minimum atomic E-state index is -0.335. The highest BCUT2D eigenvalue weighted by molar-refractivity contribution is 5.99. The van der Waals surface area contributed by atoms with Crippen LogP contribution in [0.5, 0.6) is 0 Å². The van der Waals surface area contributed by atoms with E-state index in [-0.39, 0.29) is 16.6 Å². The Kier molecular flexibility index (Phi) is 3.10. The molecule has 68 valence electrons. The lowest BCUT2D eigenvalue weighted by Crippen LogP contribution is -2.18. The summed E-state index contributed by atoms with van der Waals surface area (Å²) in [6, 6.07) is 0. The van der Waals surface area contributed by atoms with Crippen molar-refractivity contribution in [1.82, 2.24) is 0 Å². The molecule has 0 saturated carbocycles. The number of hydrogen-bond donors (Lipinski definition) is 0. The van der Waals surface area contributed by atoms with E-state index in [0.717, 1.165) is 0 Å². The SMILES string of the molecule is CC(C)(C)C#CC(=O)C(C)(C)C. The molecule has 0 aliphatic heterocycles. The van der Waals surface area contributed by atoms with Crippen LogP contribution >= 0.6 is 0 Å². The summed E-state index contributed by atoms with van der Waals surface area (Å²) in [6.07, 6.45) is 0. The molecule has 0 amide bonds. The van der Waals surface area contributed by atoms with Crippen molar-refractivity contribution in [2.45, 2.75) is 41.5 Å². The van der Waals surface area contributed by atoms with Crippen LogP contribution in [0.2, 0.25) is 0 Å². The molecule has 0 rings (SSSR count). The van der Waals surface area contributed by atoms with Gasteiger partial charge in [0.2, 0.25) is 5.78 Å². The van der Waals surface area contributed by atoms with E-state index in [2.05, 4.69) is 11.8 Å². The Hall–Kier alpha value is -0.770. The molecule has 1 nitrogen and oxygen atoms in total. The Bertz CT molecular complexity index is 224. The first-order valence-corrected chi connectivity index (χ1v) is 4.20. The van der Waals surface area contributed by atoms with Crippen LogP contribution in [0.15, 0.2) is 0 Å². The second-order valence-corrected chi connectivity index (χ2v) is 5.08.